The van der Waals surface area contributed by atoms with Crippen molar-refractivity contribution in [2.45, 2.75) is 20.0 Å². The predicted octanol–water partition coefficient (Wildman–Crippen LogP) is 2.70. The molecule has 0 spiro atoms. The van der Waals surface area contributed by atoms with E-state index in [4.69, 9.17) is 0 Å². The van der Waals surface area contributed by atoms with Gasteiger partial charge in [0.15, 0.2) is 11.4 Å². The maximum absolute atomic E-state index is 13.7. The second-order valence-corrected chi connectivity index (χ2v) is 5.94. The van der Waals surface area contributed by atoms with Crippen molar-refractivity contribution in [3.05, 3.63) is 41.5 Å². The summed E-state index contributed by atoms with van der Waals surface area (Å²) in [6.45, 7) is 2.94. The molecule has 0 aliphatic carbocycles. The van der Waals surface area contributed by atoms with Gasteiger partial charge in [-0.05, 0) is 31.2 Å². The molecule has 1 atom stereocenters. The van der Waals surface area contributed by atoms with Crippen LogP contribution in [0.1, 0.15) is 30.0 Å². The molecule has 0 bridgehead atoms. The largest absolute Gasteiger partial charge is 0.469 e. The molecule has 0 fully saturated rings. The monoisotopic (exact) mass is 402 g/mol. The maximum atomic E-state index is 13.7. The minimum atomic E-state index is -4.95. The number of halogens is 4. The molecule has 0 aliphatic heterocycles. The third-order valence-corrected chi connectivity index (χ3v) is 3.98. The molecular weight excluding hydrogens is 384 g/mol. The van der Waals surface area contributed by atoms with Gasteiger partial charge in [-0.25, -0.2) is 9.07 Å². The molecule has 2 rings (SSSR count). The smallest absolute Gasteiger partial charge is 0.435 e. The van der Waals surface area contributed by atoms with E-state index in [-0.39, 0.29) is 18.8 Å². The van der Waals surface area contributed by atoms with Crippen LogP contribution in [0.2, 0.25) is 0 Å². The first-order valence-corrected chi connectivity index (χ1v) is 8.26. The Hall–Kier alpha value is -2.98. The number of benzene rings is 1. The van der Waals surface area contributed by atoms with E-state index in [1.807, 2.05) is 0 Å². The van der Waals surface area contributed by atoms with E-state index >= 15 is 0 Å². The average molecular weight is 402 g/mol. The van der Waals surface area contributed by atoms with Crippen molar-refractivity contribution in [3.8, 4) is 5.69 Å². The fourth-order valence-corrected chi connectivity index (χ4v) is 2.55. The van der Waals surface area contributed by atoms with Crippen LogP contribution in [0.4, 0.5) is 17.6 Å². The van der Waals surface area contributed by atoms with Gasteiger partial charge in [-0.2, -0.15) is 13.2 Å². The number of carbonyl (C=O) groups is 2. The van der Waals surface area contributed by atoms with Crippen LogP contribution in [0.5, 0.6) is 0 Å². The Morgan fingerprint density at radius 3 is 2.36 bits per heavy atom. The molecule has 1 unspecified atom stereocenters. The summed E-state index contributed by atoms with van der Waals surface area (Å²) in [4.78, 5) is 25.3. The summed E-state index contributed by atoms with van der Waals surface area (Å²) in [6, 6.07) is 4.11. The number of amides is 1. The first kappa shape index (κ1) is 21.3. The minimum Gasteiger partial charge on any atom is -0.469 e. The Morgan fingerprint density at radius 1 is 1.25 bits per heavy atom. The molecule has 0 N–H and O–H groups in total. The summed E-state index contributed by atoms with van der Waals surface area (Å²) < 4.78 is 59.1. The fourth-order valence-electron chi connectivity index (χ4n) is 2.55. The number of ether oxygens (including phenoxy) is 1. The summed E-state index contributed by atoms with van der Waals surface area (Å²) in [7, 11) is 1.17. The third-order valence-electron chi connectivity index (χ3n) is 3.98. The first-order valence-electron chi connectivity index (χ1n) is 8.26. The van der Waals surface area contributed by atoms with Crippen molar-refractivity contribution >= 4 is 11.9 Å². The van der Waals surface area contributed by atoms with Crippen molar-refractivity contribution in [2.75, 3.05) is 20.2 Å². The lowest BCUT2D eigenvalue weighted by Gasteiger charge is -2.23. The molecule has 1 amide bonds. The number of rotatable bonds is 6. The maximum Gasteiger partial charge on any atom is 0.435 e. The third kappa shape index (κ3) is 4.46. The molecule has 0 radical (unpaired) electrons. The SMILES string of the molecule is CCN(CC(C)C(=O)OC)C(=O)c1nnn(-c2ccc(F)cc2)c1C(F)(F)F. The zero-order valence-electron chi connectivity index (χ0n) is 15.3. The van der Waals surface area contributed by atoms with Gasteiger partial charge in [0.2, 0.25) is 0 Å². The molecule has 1 heterocycles. The van der Waals surface area contributed by atoms with Crippen LogP contribution in [0, 0.1) is 11.7 Å². The number of methoxy groups -OCH3 is 1. The van der Waals surface area contributed by atoms with Gasteiger partial charge >= 0.3 is 12.1 Å². The van der Waals surface area contributed by atoms with E-state index < -0.39 is 41.2 Å². The van der Waals surface area contributed by atoms with E-state index in [2.05, 4.69) is 15.0 Å². The van der Waals surface area contributed by atoms with Crippen molar-refractivity contribution in [3.63, 3.8) is 0 Å². The highest BCUT2D eigenvalue weighted by atomic mass is 19.4. The highest BCUT2D eigenvalue weighted by Gasteiger charge is 2.43. The lowest BCUT2D eigenvalue weighted by atomic mass is 10.1. The van der Waals surface area contributed by atoms with Gasteiger partial charge in [-0.15, -0.1) is 5.10 Å². The van der Waals surface area contributed by atoms with Gasteiger partial charge in [0, 0.05) is 13.1 Å². The van der Waals surface area contributed by atoms with Gasteiger partial charge in [0.05, 0.1) is 18.7 Å². The van der Waals surface area contributed by atoms with Crippen LogP contribution in [-0.4, -0.2) is 52.0 Å². The Kier molecular flexibility index (Phi) is 6.37. The van der Waals surface area contributed by atoms with Crippen LogP contribution in [0.3, 0.4) is 0 Å². The van der Waals surface area contributed by atoms with Gasteiger partial charge in [-0.3, -0.25) is 9.59 Å². The van der Waals surface area contributed by atoms with Gasteiger partial charge in [0.1, 0.15) is 5.82 Å². The second-order valence-electron chi connectivity index (χ2n) is 5.94. The van der Waals surface area contributed by atoms with Crippen LogP contribution in [0.15, 0.2) is 24.3 Å². The lowest BCUT2D eigenvalue weighted by Crippen LogP contribution is -2.38. The number of hydrogen-bond donors (Lipinski definition) is 0. The number of aromatic nitrogens is 3. The molecule has 1 aromatic heterocycles. The minimum absolute atomic E-state index is 0.0425. The standard InChI is InChI=1S/C17H18F4N4O3/c1-4-24(9-10(2)16(27)28-3)15(26)13-14(17(19,20)21)25(23-22-13)12-7-5-11(18)6-8-12/h5-8,10H,4,9H2,1-3H3. The van der Waals surface area contributed by atoms with E-state index in [1.54, 1.807) is 6.92 Å². The Morgan fingerprint density at radius 2 is 1.86 bits per heavy atom. The summed E-state index contributed by atoms with van der Waals surface area (Å²) >= 11 is 0. The number of nitrogens with zero attached hydrogens (tertiary/aromatic N) is 4. The molecule has 0 saturated carbocycles. The van der Waals surface area contributed by atoms with Gasteiger partial charge < -0.3 is 9.64 Å². The molecule has 7 nitrogen and oxygen atoms in total. The van der Waals surface area contributed by atoms with Crippen molar-refractivity contribution in [1.82, 2.24) is 19.9 Å². The predicted molar refractivity (Wildman–Crippen MR) is 89.1 cm³/mol. The molecule has 152 valence electrons. The number of alkyl halides is 3. The zero-order chi connectivity index (χ0) is 21.1. The van der Waals surface area contributed by atoms with E-state index in [0.717, 1.165) is 29.2 Å². The lowest BCUT2D eigenvalue weighted by molar-refractivity contribution is -0.145. The van der Waals surface area contributed by atoms with Crippen LogP contribution in [0.25, 0.3) is 5.69 Å². The molecule has 1 aromatic carbocycles. The molecule has 2 aromatic rings. The summed E-state index contributed by atoms with van der Waals surface area (Å²) in [5.41, 5.74) is -2.39. The highest BCUT2D eigenvalue weighted by molar-refractivity contribution is 5.94. The summed E-state index contributed by atoms with van der Waals surface area (Å²) in [5, 5.41) is 6.85. The number of esters is 1. The van der Waals surface area contributed by atoms with Gasteiger partial charge in [-0.1, -0.05) is 12.1 Å². The Labute approximate surface area is 157 Å². The second kappa shape index (κ2) is 8.36. The fraction of sp³-hybridized carbons (Fsp3) is 0.412. The summed E-state index contributed by atoms with van der Waals surface area (Å²) in [5.74, 6) is -3.01. The van der Waals surface area contributed by atoms with Crippen molar-refractivity contribution in [1.29, 1.82) is 0 Å². The van der Waals surface area contributed by atoms with Crippen LogP contribution in [-0.2, 0) is 15.7 Å². The van der Waals surface area contributed by atoms with E-state index in [0.29, 0.717) is 4.68 Å². The van der Waals surface area contributed by atoms with Crippen LogP contribution < -0.4 is 0 Å². The highest BCUT2D eigenvalue weighted by Crippen LogP contribution is 2.33. The van der Waals surface area contributed by atoms with E-state index in [9.17, 15) is 27.2 Å². The quantitative estimate of drug-likeness (QED) is 0.549. The first-order chi connectivity index (χ1) is 13.1. The Bertz CT molecular complexity index is 849. The topological polar surface area (TPSA) is 77.3 Å². The average Bonchev–Trinajstić information content (AvgIpc) is 3.10. The molecule has 28 heavy (non-hydrogen) atoms. The van der Waals surface area contributed by atoms with Crippen molar-refractivity contribution in [2.24, 2.45) is 5.92 Å². The molecule has 0 aliphatic rings. The summed E-state index contributed by atoms with van der Waals surface area (Å²) in [6.07, 6.45) is -4.95. The van der Waals surface area contributed by atoms with Crippen LogP contribution >= 0.6 is 0 Å². The number of hydrogen-bond acceptors (Lipinski definition) is 5. The Balaban J connectivity index is 2.45. The zero-order valence-corrected chi connectivity index (χ0v) is 15.3. The normalized spacial score (nSPS) is 12.5. The molecular formula is C17H18F4N4O3. The van der Waals surface area contributed by atoms with Gasteiger partial charge in [0.25, 0.3) is 5.91 Å². The van der Waals surface area contributed by atoms with Crippen molar-refractivity contribution < 1.29 is 31.9 Å². The number of carbonyl (C=O) groups excluding carboxylic acids is 2. The van der Waals surface area contributed by atoms with E-state index in [1.165, 1.54) is 14.0 Å². The molecule has 0 saturated heterocycles. The molecule has 11 heteroatoms.